The van der Waals surface area contributed by atoms with Crippen molar-refractivity contribution in [2.75, 3.05) is 26.7 Å². The van der Waals surface area contributed by atoms with Gasteiger partial charge in [-0.1, -0.05) is 13.8 Å². The summed E-state index contributed by atoms with van der Waals surface area (Å²) in [5, 5.41) is 4.32. The maximum Gasteiger partial charge on any atom is 0.138 e. The first-order valence-corrected chi connectivity index (χ1v) is 7.04. The summed E-state index contributed by atoms with van der Waals surface area (Å²) in [5.74, 6) is 1.83. The molecule has 0 spiro atoms. The van der Waals surface area contributed by atoms with Crippen molar-refractivity contribution >= 4 is 0 Å². The number of hydrogen-bond donors (Lipinski definition) is 0. The maximum atomic E-state index is 5.17. The van der Waals surface area contributed by atoms with Gasteiger partial charge in [-0.2, -0.15) is 5.10 Å². The summed E-state index contributed by atoms with van der Waals surface area (Å²) in [6.45, 7) is 7.48. The van der Waals surface area contributed by atoms with E-state index in [0.29, 0.717) is 0 Å². The Kier molecular flexibility index (Phi) is 5.12. The minimum Gasteiger partial charge on any atom is -0.497 e. The van der Waals surface area contributed by atoms with Crippen LogP contribution in [0.2, 0.25) is 0 Å². The summed E-state index contributed by atoms with van der Waals surface area (Å²) in [6.07, 6.45) is 2.51. The third-order valence-electron chi connectivity index (χ3n) is 3.48. The Labute approximate surface area is 120 Å². The second-order valence-corrected chi connectivity index (χ2v) is 4.56. The molecule has 0 radical (unpaired) electrons. The lowest BCUT2D eigenvalue weighted by molar-refractivity contribution is 0.305. The van der Waals surface area contributed by atoms with Gasteiger partial charge in [0.25, 0.3) is 0 Å². The van der Waals surface area contributed by atoms with Crippen LogP contribution >= 0.6 is 0 Å². The molecule has 0 amide bonds. The molecule has 1 aromatic heterocycles. The number of benzene rings is 1. The summed E-state index contributed by atoms with van der Waals surface area (Å²) in [6, 6.07) is 7.86. The quantitative estimate of drug-likeness (QED) is 0.776. The van der Waals surface area contributed by atoms with Crippen molar-refractivity contribution in [3.8, 4) is 11.4 Å². The van der Waals surface area contributed by atoms with Crippen LogP contribution in [0, 0.1) is 0 Å². The van der Waals surface area contributed by atoms with Gasteiger partial charge in [0.15, 0.2) is 0 Å². The first kappa shape index (κ1) is 14.5. The number of rotatable bonds is 7. The third kappa shape index (κ3) is 3.36. The zero-order valence-electron chi connectivity index (χ0n) is 12.4. The third-order valence-corrected chi connectivity index (χ3v) is 3.48. The van der Waals surface area contributed by atoms with E-state index in [0.717, 1.165) is 43.3 Å². The van der Waals surface area contributed by atoms with Crippen LogP contribution in [0.15, 0.2) is 30.6 Å². The molecule has 2 aromatic rings. The fourth-order valence-electron chi connectivity index (χ4n) is 2.17. The van der Waals surface area contributed by atoms with E-state index < -0.39 is 0 Å². The van der Waals surface area contributed by atoms with E-state index >= 15 is 0 Å². The second-order valence-electron chi connectivity index (χ2n) is 4.56. The summed E-state index contributed by atoms with van der Waals surface area (Å²) < 4.78 is 7.06. The molecule has 2 rings (SSSR count). The van der Waals surface area contributed by atoms with Gasteiger partial charge in [-0.3, -0.25) is 0 Å². The Morgan fingerprint density at radius 3 is 2.45 bits per heavy atom. The Morgan fingerprint density at radius 1 is 1.15 bits per heavy atom. The van der Waals surface area contributed by atoms with E-state index in [1.165, 1.54) is 0 Å². The van der Waals surface area contributed by atoms with Crippen LogP contribution in [0.1, 0.15) is 19.7 Å². The number of ether oxygens (including phenoxy) is 1. The topological polar surface area (TPSA) is 43.2 Å². The molecule has 1 heterocycles. The van der Waals surface area contributed by atoms with Crippen LogP contribution in [-0.2, 0) is 6.42 Å². The molecule has 0 saturated heterocycles. The molecule has 0 aliphatic heterocycles. The van der Waals surface area contributed by atoms with Crippen LogP contribution in [0.3, 0.4) is 0 Å². The molecule has 0 bridgehead atoms. The Morgan fingerprint density at radius 2 is 1.85 bits per heavy atom. The summed E-state index contributed by atoms with van der Waals surface area (Å²) in [5.41, 5.74) is 1.01. The van der Waals surface area contributed by atoms with Crippen LogP contribution in [0.25, 0.3) is 5.69 Å². The maximum absolute atomic E-state index is 5.17. The van der Waals surface area contributed by atoms with Gasteiger partial charge in [0.2, 0.25) is 0 Å². The first-order valence-electron chi connectivity index (χ1n) is 7.04. The van der Waals surface area contributed by atoms with Crippen LogP contribution in [0.5, 0.6) is 5.75 Å². The second kappa shape index (κ2) is 7.05. The van der Waals surface area contributed by atoms with E-state index in [-0.39, 0.29) is 0 Å². The van der Waals surface area contributed by atoms with E-state index in [4.69, 9.17) is 4.74 Å². The first-order chi connectivity index (χ1) is 9.78. The Bertz CT molecular complexity index is 517. The monoisotopic (exact) mass is 274 g/mol. The van der Waals surface area contributed by atoms with Crippen LogP contribution in [-0.4, -0.2) is 46.4 Å². The molecule has 0 fully saturated rings. The predicted octanol–water partition coefficient (Wildman–Crippen LogP) is 2.16. The van der Waals surface area contributed by atoms with Crippen LogP contribution in [0.4, 0.5) is 0 Å². The van der Waals surface area contributed by atoms with Gasteiger partial charge in [0.1, 0.15) is 17.9 Å². The van der Waals surface area contributed by atoms with Gasteiger partial charge in [0.05, 0.1) is 12.8 Å². The van der Waals surface area contributed by atoms with Crippen molar-refractivity contribution < 1.29 is 4.74 Å². The van der Waals surface area contributed by atoms with Gasteiger partial charge in [-0.05, 0) is 37.4 Å². The highest BCUT2D eigenvalue weighted by molar-refractivity contribution is 5.37. The van der Waals surface area contributed by atoms with Gasteiger partial charge in [-0.25, -0.2) is 9.67 Å². The molecular formula is C15H22N4O. The molecule has 0 atom stereocenters. The highest BCUT2D eigenvalue weighted by atomic mass is 16.5. The molecule has 0 aliphatic rings. The highest BCUT2D eigenvalue weighted by Gasteiger charge is 2.08. The van der Waals surface area contributed by atoms with E-state index in [1.54, 1.807) is 13.4 Å². The Hall–Kier alpha value is -1.88. The zero-order chi connectivity index (χ0) is 14.4. The van der Waals surface area contributed by atoms with E-state index in [1.807, 2.05) is 28.9 Å². The van der Waals surface area contributed by atoms with Crippen molar-refractivity contribution in [2.45, 2.75) is 20.3 Å². The number of aromatic nitrogens is 3. The number of methoxy groups -OCH3 is 1. The lowest BCUT2D eigenvalue weighted by Gasteiger charge is -2.17. The minimum absolute atomic E-state index is 0.846. The lowest BCUT2D eigenvalue weighted by Crippen LogP contribution is -2.26. The van der Waals surface area contributed by atoms with Gasteiger partial charge < -0.3 is 9.64 Å². The molecule has 1 aromatic carbocycles. The average molecular weight is 274 g/mol. The Balaban J connectivity index is 2.11. The molecule has 0 unspecified atom stereocenters. The van der Waals surface area contributed by atoms with Crippen molar-refractivity contribution in [1.82, 2.24) is 19.7 Å². The molecule has 0 aliphatic carbocycles. The van der Waals surface area contributed by atoms with Gasteiger partial charge >= 0.3 is 0 Å². The van der Waals surface area contributed by atoms with E-state index in [2.05, 4.69) is 28.8 Å². The van der Waals surface area contributed by atoms with Crippen molar-refractivity contribution in [3.63, 3.8) is 0 Å². The molecule has 5 heteroatoms. The van der Waals surface area contributed by atoms with Gasteiger partial charge in [0, 0.05) is 13.0 Å². The summed E-state index contributed by atoms with van der Waals surface area (Å²) in [4.78, 5) is 6.75. The molecule has 108 valence electrons. The SMILES string of the molecule is CCN(CC)CCc1ncnn1-c1ccc(OC)cc1. The fraction of sp³-hybridized carbons (Fsp3) is 0.467. The van der Waals surface area contributed by atoms with Crippen molar-refractivity contribution in [2.24, 2.45) is 0 Å². The molecule has 0 N–H and O–H groups in total. The zero-order valence-corrected chi connectivity index (χ0v) is 12.4. The molecule has 20 heavy (non-hydrogen) atoms. The molecular weight excluding hydrogens is 252 g/mol. The van der Waals surface area contributed by atoms with Crippen molar-refractivity contribution in [3.05, 3.63) is 36.4 Å². The van der Waals surface area contributed by atoms with Gasteiger partial charge in [-0.15, -0.1) is 0 Å². The largest absolute Gasteiger partial charge is 0.497 e. The lowest BCUT2D eigenvalue weighted by atomic mass is 10.3. The normalized spacial score (nSPS) is 11.0. The standard InChI is InChI=1S/C15H22N4O/c1-4-18(5-2)11-10-15-16-12-17-19(15)13-6-8-14(20-3)9-7-13/h6-9,12H,4-5,10-11H2,1-3H3. The summed E-state index contributed by atoms with van der Waals surface area (Å²) >= 11 is 0. The predicted molar refractivity (Wildman–Crippen MR) is 79.4 cm³/mol. The number of nitrogens with zero attached hydrogens (tertiary/aromatic N) is 4. The van der Waals surface area contributed by atoms with Crippen LogP contribution < -0.4 is 4.74 Å². The minimum atomic E-state index is 0.846. The number of likely N-dealkylation sites (N-methyl/N-ethyl adjacent to an activating group) is 1. The highest BCUT2D eigenvalue weighted by Crippen LogP contribution is 2.15. The smallest absolute Gasteiger partial charge is 0.138 e. The summed E-state index contributed by atoms with van der Waals surface area (Å²) in [7, 11) is 1.67. The van der Waals surface area contributed by atoms with Crippen molar-refractivity contribution in [1.29, 1.82) is 0 Å². The molecule has 5 nitrogen and oxygen atoms in total. The fourth-order valence-corrected chi connectivity index (χ4v) is 2.17. The van der Waals surface area contributed by atoms with E-state index in [9.17, 15) is 0 Å². The average Bonchev–Trinajstić information content (AvgIpc) is 2.97. The molecule has 0 saturated carbocycles. The number of hydrogen-bond acceptors (Lipinski definition) is 4.